The molecule has 0 saturated heterocycles. The van der Waals surface area contributed by atoms with Crippen molar-refractivity contribution in [3.63, 3.8) is 0 Å². The molecule has 0 spiro atoms. The maximum atomic E-state index is 3.70. The van der Waals surface area contributed by atoms with Crippen LogP contribution in [-0.2, 0) is 0 Å². The molecule has 4 aliphatic carbocycles. The van der Waals surface area contributed by atoms with Crippen LogP contribution in [0.1, 0.15) is 51.9 Å². The molecule has 0 heterocycles. The Morgan fingerprint density at radius 1 is 1.06 bits per heavy atom. The molecule has 4 rings (SSSR count). The van der Waals surface area contributed by atoms with E-state index in [1.807, 2.05) is 7.05 Å². The zero-order valence-electron chi connectivity index (χ0n) is 12.2. The lowest BCUT2D eigenvalue weighted by Gasteiger charge is -2.57. The van der Waals surface area contributed by atoms with Crippen molar-refractivity contribution >= 4 is 0 Å². The molecule has 4 bridgehead atoms. The summed E-state index contributed by atoms with van der Waals surface area (Å²) < 4.78 is 0. The van der Waals surface area contributed by atoms with E-state index >= 15 is 0 Å². The molecule has 0 radical (unpaired) electrons. The number of hydrogen-bond acceptors (Lipinski definition) is 2. The second-order valence-electron chi connectivity index (χ2n) is 7.58. The van der Waals surface area contributed by atoms with E-state index in [1.54, 1.807) is 38.5 Å². The highest BCUT2D eigenvalue weighted by atomic mass is 15.0. The van der Waals surface area contributed by atoms with Crippen molar-refractivity contribution in [2.45, 2.75) is 57.9 Å². The van der Waals surface area contributed by atoms with Gasteiger partial charge in [0, 0.05) is 12.6 Å². The molecule has 0 aromatic heterocycles. The van der Waals surface area contributed by atoms with Gasteiger partial charge in [0.1, 0.15) is 0 Å². The van der Waals surface area contributed by atoms with Crippen molar-refractivity contribution in [2.75, 3.05) is 20.1 Å². The van der Waals surface area contributed by atoms with Crippen molar-refractivity contribution in [1.29, 1.82) is 0 Å². The van der Waals surface area contributed by atoms with Crippen molar-refractivity contribution in [3.8, 4) is 0 Å². The first-order chi connectivity index (χ1) is 8.69. The average molecular weight is 250 g/mol. The Morgan fingerprint density at radius 2 is 1.61 bits per heavy atom. The smallest absolute Gasteiger partial charge is 0.0164 e. The minimum absolute atomic E-state index is 0.615. The molecule has 1 unspecified atom stereocenters. The van der Waals surface area contributed by atoms with E-state index in [0.29, 0.717) is 6.04 Å². The van der Waals surface area contributed by atoms with Crippen LogP contribution in [0.2, 0.25) is 0 Å². The summed E-state index contributed by atoms with van der Waals surface area (Å²) in [6, 6.07) is 0.615. The highest BCUT2D eigenvalue weighted by Crippen LogP contribution is 2.61. The molecular formula is C16H30N2. The van der Waals surface area contributed by atoms with Crippen molar-refractivity contribution in [3.05, 3.63) is 0 Å². The van der Waals surface area contributed by atoms with Gasteiger partial charge in [-0.25, -0.2) is 0 Å². The predicted molar refractivity (Wildman–Crippen MR) is 76.6 cm³/mol. The lowest BCUT2D eigenvalue weighted by Crippen LogP contribution is -2.47. The summed E-state index contributed by atoms with van der Waals surface area (Å²) in [6.07, 6.45) is 10.8. The SMILES string of the molecule is CNCC(C)NCCC12CC3CC(CC(C3)C1)C2. The molecule has 2 heteroatoms. The molecule has 0 aliphatic heterocycles. The number of rotatable bonds is 6. The number of hydrogen-bond donors (Lipinski definition) is 2. The minimum atomic E-state index is 0.615. The zero-order valence-corrected chi connectivity index (χ0v) is 12.2. The first kappa shape index (κ1) is 12.9. The average Bonchev–Trinajstić information content (AvgIpc) is 2.26. The van der Waals surface area contributed by atoms with E-state index in [4.69, 9.17) is 0 Å². The van der Waals surface area contributed by atoms with Gasteiger partial charge in [-0.2, -0.15) is 0 Å². The lowest BCUT2D eigenvalue weighted by molar-refractivity contribution is -0.0569. The van der Waals surface area contributed by atoms with Crippen LogP contribution in [0.4, 0.5) is 0 Å². The highest BCUT2D eigenvalue weighted by Gasteiger charge is 2.50. The molecule has 0 aromatic rings. The normalized spacial score (nSPS) is 43.3. The molecule has 1 atom stereocenters. The van der Waals surface area contributed by atoms with Gasteiger partial charge >= 0.3 is 0 Å². The van der Waals surface area contributed by atoms with Crippen LogP contribution >= 0.6 is 0 Å². The van der Waals surface area contributed by atoms with E-state index in [-0.39, 0.29) is 0 Å². The van der Waals surface area contributed by atoms with Crippen LogP contribution in [0, 0.1) is 23.2 Å². The Morgan fingerprint density at radius 3 is 2.11 bits per heavy atom. The second-order valence-corrected chi connectivity index (χ2v) is 7.58. The maximum Gasteiger partial charge on any atom is 0.0164 e. The molecule has 2 N–H and O–H groups in total. The van der Waals surface area contributed by atoms with Crippen molar-refractivity contribution in [2.24, 2.45) is 23.2 Å². The van der Waals surface area contributed by atoms with E-state index in [9.17, 15) is 0 Å². The Balaban J connectivity index is 1.50. The van der Waals surface area contributed by atoms with Crippen LogP contribution in [0.5, 0.6) is 0 Å². The summed E-state index contributed by atoms with van der Waals surface area (Å²) in [7, 11) is 2.04. The largest absolute Gasteiger partial charge is 0.318 e. The van der Waals surface area contributed by atoms with Crippen LogP contribution < -0.4 is 10.6 Å². The van der Waals surface area contributed by atoms with Crippen LogP contribution in [0.3, 0.4) is 0 Å². The van der Waals surface area contributed by atoms with Crippen molar-refractivity contribution in [1.82, 2.24) is 10.6 Å². The topological polar surface area (TPSA) is 24.1 Å². The molecule has 0 amide bonds. The Labute approximate surface area is 112 Å². The summed E-state index contributed by atoms with van der Waals surface area (Å²) >= 11 is 0. The Hall–Kier alpha value is -0.0800. The van der Waals surface area contributed by atoms with Gasteiger partial charge in [-0.15, -0.1) is 0 Å². The first-order valence-electron chi connectivity index (χ1n) is 8.07. The van der Waals surface area contributed by atoms with Crippen LogP contribution in [0.15, 0.2) is 0 Å². The van der Waals surface area contributed by atoms with Gasteiger partial charge in [0.15, 0.2) is 0 Å². The van der Waals surface area contributed by atoms with Gasteiger partial charge < -0.3 is 10.6 Å². The quantitative estimate of drug-likeness (QED) is 0.757. The summed E-state index contributed by atoms with van der Waals surface area (Å²) in [5.41, 5.74) is 0.751. The maximum absolute atomic E-state index is 3.70. The van der Waals surface area contributed by atoms with Gasteiger partial charge in [-0.05, 0) is 88.6 Å². The van der Waals surface area contributed by atoms with Crippen LogP contribution in [0.25, 0.3) is 0 Å². The molecule has 18 heavy (non-hydrogen) atoms. The van der Waals surface area contributed by atoms with Gasteiger partial charge in [0.25, 0.3) is 0 Å². The van der Waals surface area contributed by atoms with Gasteiger partial charge in [0.2, 0.25) is 0 Å². The predicted octanol–water partition coefficient (Wildman–Crippen LogP) is 2.79. The summed E-state index contributed by atoms with van der Waals surface area (Å²) in [6.45, 7) is 4.60. The fourth-order valence-corrected chi connectivity index (χ4v) is 5.56. The third-order valence-electron chi connectivity index (χ3n) is 5.82. The fourth-order valence-electron chi connectivity index (χ4n) is 5.56. The first-order valence-corrected chi connectivity index (χ1v) is 8.07. The molecule has 4 aliphatic rings. The Bertz CT molecular complexity index is 252. The third-order valence-corrected chi connectivity index (χ3v) is 5.82. The standard InChI is InChI=1S/C16H30N2/c1-12(11-17-2)18-4-3-16-8-13-5-14(9-16)7-15(6-13)10-16/h12-15,17-18H,3-11H2,1-2H3. The molecule has 104 valence electrons. The highest BCUT2D eigenvalue weighted by molar-refractivity contribution is 5.01. The van der Waals surface area contributed by atoms with Crippen molar-refractivity contribution < 1.29 is 0 Å². The zero-order chi connectivity index (χ0) is 12.6. The monoisotopic (exact) mass is 250 g/mol. The van der Waals surface area contributed by atoms with Gasteiger partial charge in [-0.1, -0.05) is 0 Å². The second kappa shape index (κ2) is 5.13. The third kappa shape index (κ3) is 2.60. The van der Waals surface area contributed by atoms with E-state index < -0.39 is 0 Å². The summed E-state index contributed by atoms with van der Waals surface area (Å²) in [5, 5.41) is 6.95. The number of likely N-dealkylation sites (N-methyl/N-ethyl adjacent to an activating group) is 1. The molecule has 2 nitrogen and oxygen atoms in total. The summed E-state index contributed by atoms with van der Waals surface area (Å²) in [4.78, 5) is 0. The Kier molecular flexibility index (Phi) is 3.68. The van der Waals surface area contributed by atoms with E-state index in [0.717, 1.165) is 29.7 Å². The summed E-state index contributed by atoms with van der Waals surface area (Å²) in [5.74, 6) is 3.31. The van der Waals surface area contributed by atoms with Gasteiger partial charge in [-0.3, -0.25) is 0 Å². The molecule has 4 fully saturated rings. The number of nitrogens with one attached hydrogen (secondary N) is 2. The van der Waals surface area contributed by atoms with Crippen LogP contribution in [-0.4, -0.2) is 26.2 Å². The lowest BCUT2D eigenvalue weighted by atomic mass is 9.49. The fraction of sp³-hybridized carbons (Fsp3) is 1.00. The molecule has 4 saturated carbocycles. The molecule has 0 aromatic carbocycles. The molecular weight excluding hydrogens is 220 g/mol. The van der Waals surface area contributed by atoms with Gasteiger partial charge in [0.05, 0.1) is 0 Å². The van der Waals surface area contributed by atoms with E-state index in [1.165, 1.54) is 13.0 Å². The van der Waals surface area contributed by atoms with E-state index in [2.05, 4.69) is 17.6 Å². The minimum Gasteiger partial charge on any atom is -0.318 e.